The van der Waals surface area contributed by atoms with Gasteiger partial charge in [-0.3, -0.25) is 4.79 Å². The Morgan fingerprint density at radius 3 is 2.80 bits per heavy atom. The number of carbonyl (C=O) groups excluding carboxylic acids is 1. The van der Waals surface area contributed by atoms with Crippen molar-refractivity contribution in [3.05, 3.63) is 48.2 Å². The molecule has 0 bridgehead atoms. The molecule has 1 heterocycles. The Morgan fingerprint density at radius 2 is 2.08 bits per heavy atom. The summed E-state index contributed by atoms with van der Waals surface area (Å²) >= 11 is 1.26. The van der Waals surface area contributed by atoms with Crippen LogP contribution in [0.5, 0.6) is 0 Å². The number of nitrogens with zero attached hydrogens (tertiary/aromatic N) is 3. The number of hydrogen-bond donors (Lipinski definition) is 0. The normalized spacial score (nSPS) is 10.6. The van der Waals surface area contributed by atoms with Crippen molar-refractivity contribution >= 4 is 41.9 Å². The van der Waals surface area contributed by atoms with Crippen molar-refractivity contribution in [2.75, 3.05) is 12.4 Å². The zero-order valence-corrected chi connectivity index (χ0v) is 14.4. The largest absolute Gasteiger partial charge is 0.465 e. The second kappa shape index (κ2) is 7.45. The van der Waals surface area contributed by atoms with Crippen molar-refractivity contribution < 1.29 is 9.53 Å². The van der Waals surface area contributed by atoms with Crippen LogP contribution in [0.2, 0.25) is 0 Å². The number of ether oxygens (including phenoxy) is 1. The van der Waals surface area contributed by atoms with Crippen molar-refractivity contribution in [1.82, 2.24) is 9.55 Å². The van der Waals surface area contributed by atoms with Gasteiger partial charge in [-0.05, 0) is 24.6 Å². The minimum absolute atomic E-state index is 0.151. The van der Waals surface area contributed by atoms with Gasteiger partial charge in [0, 0.05) is 17.0 Å². The molecule has 0 N–H and O–H groups in total. The number of aromatic nitrogens is 2. The van der Waals surface area contributed by atoms with Crippen LogP contribution in [0, 0.1) is 11.3 Å². The third-order valence-corrected chi connectivity index (χ3v) is 4.57. The highest BCUT2D eigenvalue weighted by atomic mass is 32.2. The van der Waals surface area contributed by atoms with E-state index in [-0.39, 0.29) is 11.7 Å². The summed E-state index contributed by atoms with van der Waals surface area (Å²) < 4.78 is 6.74. The lowest BCUT2D eigenvalue weighted by molar-refractivity contribution is -0.139. The van der Waals surface area contributed by atoms with Crippen LogP contribution in [0.1, 0.15) is 12.5 Å². The quantitative estimate of drug-likeness (QED) is 0.403. The molecule has 0 aliphatic heterocycles. The highest BCUT2D eigenvalue weighted by Gasteiger charge is 2.15. The fourth-order valence-corrected chi connectivity index (χ4v) is 3.38. The van der Waals surface area contributed by atoms with Crippen LogP contribution in [0.15, 0.2) is 47.8 Å². The van der Waals surface area contributed by atoms with E-state index >= 15 is 0 Å². The second-order valence-electron chi connectivity index (χ2n) is 5.18. The summed E-state index contributed by atoms with van der Waals surface area (Å²) in [6, 6.07) is 13.4. The van der Waals surface area contributed by atoms with E-state index in [0.29, 0.717) is 22.9 Å². The smallest absolute Gasteiger partial charge is 0.316 e. The molecule has 0 aliphatic carbocycles. The van der Waals surface area contributed by atoms with Crippen LogP contribution in [-0.4, -0.2) is 35.7 Å². The summed E-state index contributed by atoms with van der Waals surface area (Å²) in [4.78, 5) is 15.9. The van der Waals surface area contributed by atoms with Gasteiger partial charge in [-0.15, -0.1) is 0 Å². The van der Waals surface area contributed by atoms with Gasteiger partial charge in [-0.25, -0.2) is 4.98 Å². The van der Waals surface area contributed by atoms with Crippen LogP contribution in [0.4, 0.5) is 0 Å². The maximum absolute atomic E-state index is 11.6. The van der Waals surface area contributed by atoms with Crippen LogP contribution >= 0.6 is 11.8 Å². The lowest BCUT2D eigenvalue weighted by atomic mass is 10.0. The molecule has 0 aliphatic rings. The molecule has 3 rings (SSSR count). The fourth-order valence-electron chi connectivity index (χ4n) is 2.59. The summed E-state index contributed by atoms with van der Waals surface area (Å²) in [5.41, 5.74) is 1.87. The van der Waals surface area contributed by atoms with Gasteiger partial charge >= 0.3 is 5.97 Å². The Morgan fingerprint density at radius 1 is 1.32 bits per heavy atom. The van der Waals surface area contributed by atoms with Gasteiger partial charge in [0.25, 0.3) is 0 Å². The number of imidazole rings is 1. The van der Waals surface area contributed by atoms with E-state index in [1.54, 1.807) is 23.8 Å². The predicted octanol–water partition coefficient (Wildman–Crippen LogP) is 2.35. The van der Waals surface area contributed by atoms with E-state index in [1.807, 2.05) is 30.3 Å². The van der Waals surface area contributed by atoms with Gasteiger partial charge < -0.3 is 9.30 Å². The van der Waals surface area contributed by atoms with Gasteiger partial charge in [-0.1, -0.05) is 36.0 Å². The summed E-state index contributed by atoms with van der Waals surface area (Å²) in [6.07, 6.45) is 1.56. The number of thioether (sulfide) groups is 1. The fraction of sp³-hybridized carbons (Fsp3) is 0.167. The van der Waals surface area contributed by atoms with Crippen LogP contribution in [0.25, 0.3) is 16.5 Å². The molecular weight excluding hydrogens is 333 g/mol. The number of esters is 1. The van der Waals surface area contributed by atoms with Gasteiger partial charge in [-0.2, -0.15) is 5.26 Å². The number of hydrogen-bond acceptors (Lipinski definition) is 5. The molecule has 25 heavy (non-hydrogen) atoms. The summed E-state index contributed by atoms with van der Waals surface area (Å²) in [7, 11) is 6.11. The first-order chi connectivity index (χ1) is 12.2. The molecule has 7 heteroatoms. The summed E-state index contributed by atoms with van der Waals surface area (Å²) in [6.45, 7) is 2.11. The molecule has 3 aromatic rings. The first kappa shape index (κ1) is 17.1. The molecule has 0 amide bonds. The van der Waals surface area contributed by atoms with Crippen molar-refractivity contribution in [3.63, 3.8) is 0 Å². The third kappa shape index (κ3) is 3.40. The number of benzene rings is 2. The standard InChI is InChI=1S/C18H14BN3O2S/c1-2-24-17(23)11-25-18-21-10-16(19)22(18)15-8-7-12(9-20)13-5-3-4-6-14(13)15/h3-8,10H,2,11H2,1H3. The van der Waals surface area contributed by atoms with E-state index in [9.17, 15) is 10.1 Å². The molecular formula is C18H14BN3O2S. The van der Waals surface area contributed by atoms with E-state index in [0.717, 1.165) is 16.5 Å². The van der Waals surface area contributed by atoms with Gasteiger partial charge in [0.15, 0.2) is 5.16 Å². The van der Waals surface area contributed by atoms with Crippen molar-refractivity contribution in [1.29, 1.82) is 5.26 Å². The topological polar surface area (TPSA) is 67.9 Å². The third-order valence-electron chi connectivity index (χ3n) is 3.64. The van der Waals surface area contributed by atoms with Crippen molar-refractivity contribution in [3.8, 4) is 11.8 Å². The van der Waals surface area contributed by atoms with Gasteiger partial charge in [0.2, 0.25) is 0 Å². The predicted molar refractivity (Wildman–Crippen MR) is 98.5 cm³/mol. The summed E-state index contributed by atoms with van der Waals surface area (Å²) in [5.74, 6) is -0.149. The maximum atomic E-state index is 11.6. The number of rotatable bonds is 5. The van der Waals surface area contributed by atoms with E-state index in [2.05, 4.69) is 11.1 Å². The molecule has 0 unspecified atom stereocenters. The molecule has 0 saturated heterocycles. The van der Waals surface area contributed by atoms with Gasteiger partial charge in [0.1, 0.15) is 7.85 Å². The molecule has 1 aromatic heterocycles. The Balaban J connectivity index is 2.06. The average Bonchev–Trinajstić information content (AvgIpc) is 2.99. The van der Waals surface area contributed by atoms with E-state index in [1.165, 1.54) is 11.8 Å². The maximum Gasteiger partial charge on any atom is 0.316 e. The molecule has 122 valence electrons. The van der Waals surface area contributed by atoms with Crippen LogP contribution in [-0.2, 0) is 9.53 Å². The second-order valence-corrected chi connectivity index (χ2v) is 6.13. The first-order valence-corrected chi connectivity index (χ1v) is 8.68. The Kier molecular flexibility index (Phi) is 5.10. The Labute approximate surface area is 151 Å². The van der Waals surface area contributed by atoms with E-state index in [4.69, 9.17) is 12.6 Å². The van der Waals surface area contributed by atoms with Gasteiger partial charge in [0.05, 0.1) is 29.7 Å². The van der Waals surface area contributed by atoms with Crippen LogP contribution < -0.4 is 5.59 Å². The SMILES string of the molecule is [B]c1cnc(SCC(=O)OCC)n1-c1ccc(C#N)c2ccccc12. The lowest BCUT2D eigenvalue weighted by Crippen LogP contribution is -2.16. The number of carbonyl (C=O) groups is 1. The van der Waals surface area contributed by atoms with Crippen molar-refractivity contribution in [2.45, 2.75) is 12.1 Å². The lowest BCUT2D eigenvalue weighted by Gasteiger charge is -2.14. The average molecular weight is 347 g/mol. The molecule has 2 radical (unpaired) electrons. The zero-order chi connectivity index (χ0) is 17.8. The molecule has 0 saturated carbocycles. The van der Waals surface area contributed by atoms with Crippen LogP contribution in [0.3, 0.4) is 0 Å². The molecule has 0 spiro atoms. The van der Waals surface area contributed by atoms with E-state index < -0.39 is 0 Å². The molecule has 2 aromatic carbocycles. The Hall–Kier alpha value is -2.72. The zero-order valence-electron chi connectivity index (χ0n) is 13.6. The molecule has 0 fully saturated rings. The molecule has 0 atom stereocenters. The first-order valence-electron chi connectivity index (χ1n) is 7.69. The number of fused-ring (bicyclic) bond motifs is 1. The Bertz CT molecular complexity index is 978. The monoisotopic (exact) mass is 347 g/mol. The summed E-state index contributed by atoms with van der Waals surface area (Å²) in [5, 5.41) is 11.6. The van der Waals surface area contributed by atoms with Crippen molar-refractivity contribution in [2.24, 2.45) is 0 Å². The number of nitriles is 1. The minimum Gasteiger partial charge on any atom is -0.465 e. The molecule has 5 nitrogen and oxygen atoms in total. The highest BCUT2D eigenvalue weighted by Crippen LogP contribution is 2.28. The minimum atomic E-state index is -0.301. The highest BCUT2D eigenvalue weighted by molar-refractivity contribution is 7.99.